The summed E-state index contributed by atoms with van der Waals surface area (Å²) in [6, 6.07) is 6.18. The van der Waals surface area contributed by atoms with E-state index in [1.807, 2.05) is 57.0 Å². The number of carbonyl (C=O) groups excluding carboxylic acids is 3. The number of likely N-dealkylation sites (tertiary alicyclic amines) is 2. The lowest BCUT2D eigenvalue weighted by Gasteiger charge is -2.43. The van der Waals surface area contributed by atoms with E-state index in [4.69, 9.17) is 11.6 Å². The first kappa shape index (κ1) is 36.0. The third-order valence-electron chi connectivity index (χ3n) is 10.9. The Morgan fingerprint density at radius 1 is 0.851 bits per heavy atom. The molecule has 1 unspecified atom stereocenters. The van der Waals surface area contributed by atoms with Crippen LogP contribution in [-0.4, -0.2) is 125 Å². The number of rotatable bonds is 5. The predicted molar refractivity (Wildman–Crippen MR) is 180 cm³/mol. The molecule has 3 amide bonds. The van der Waals surface area contributed by atoms with Gasteiger partial charge in [-0.25, -0.2) is 8.78 Å². The van der Waals surface area contributed by atoms with Gasteiger partial charge in [-0.1, -0.05) is 44.5 Å². The minimum absolute atomic E-state index is 0.0787. The normalized spacial score (nSPS) is 28.1. The Morgan fingerprint density at radius 2 is 1.45 bits per heavy atom. The number of piperazine rings is 1. The maximum atomic E-state index is 14.9. The molecule has 0 N–H and O–H groups in total. The van der Waals surface area contributed by atoms with Gasteiger partial charge in [-0.3, -0.25) is 19.3 Å². The zero-order valence-corrected chi connectivity index (χ0v) is 30.0. The van der Waals surface area contributed by atoms with E-state index in [1.54, 1.807) is 9.80 Å². The molecule has 3 heterocycles. The molecule has 0 radical (unpaired) electrons. The van der Waals surface area contributed by atoms with Crippen molar-refractivity contribution in [2.75, 3.05) is 52.9 Å². The molecule has 0 aromatic heterocycles. The second kappa shape index (κ2) is 13.5. The Hall–Kier alpha value is -2.30. The van der Waals surface area contributed by atoms with Gasteiger partial charge in [0.15, 0.2) is 0 Å². The molecule has 8 nitrogen and oxygen atoms in total. The van der Waals surface area contributed by atoms with Gasteiger partial charge in [0.05, 0.1) is 12.0 Å². The Labute approximate surface area is 284 Å². The SMILES string of the molecule is CN1CCN(C(=O)[C@@H]2CC(N(C(=O)C(C)(C)C)C3CCC(F)(F)CC3)CN2C(=O)[C@@H]2CN(C(C)(C)C)C[C@H]2c2ccc(Cl)cc2)CC1. The Kier molecular flexibility index (Phi) is 10.4. The fourth-order valence-corrected chi connectivity index (χ4v) is 8.04. The minimum Gasteiger partial charge on any atom is -0.338 e. The molecule has 0 spiro atoms. The van der Waals surface area contributed by atoms with Crippen molar-refractivity contribution < 1.29 is 23.2 Å². The number of carbonyl (C=O) groups is 3. The maximum absolute atomic E-state index is 14.9. The fourth-order valence-electron chi connectivity index (χ4n) is 7.91. The van der Waals surface area contributed by atoms with Crippen LogP contribution in [-0.2, 0) is 14.4 Å². The lowest BCUT2D eigenvalue weighted by molar-refractivity contribution is -0.149. The summed E-state index contributed by atoms with van der Waals surface area (Å²) >= 11 is 6.24. The van der Waals surface area contributed by atoms with Crippen LogP contribution in [0.5, 0.6) is 0 Å². The number of alkyl halides is 2. The van der Waals surface area contributed by atoms with Gasteiger partial charge in [0.25, 0.3) is 0 Å². The van der Waals surface area contributed by atoms with Crippen LogP contribution in [0.3, 0.4) is 0 Å². The first-order valence-electron chi connectivity index (χ1n) is 17.3. The summed E-state index contributed by atoms with van der Waals surface area (Å²) in [5, 5.41) is 0.631. The lowest BCUT2D eigenvalue weighted by Crippen LogP contribution is -2.54. The van der Waals surface area contributed by atoms with Crippen LogP contribution in [0.1, 0.15) is 85.1 Å². The van der Waals surface area contributed by atoms with Crippen molar-refractivity contribution in [1.82, 2.24) is 24.5 Å². The molecule has 1 aromatic rings. The van der Waals surface area contributed by atoms with Gasteiger partial charge in [-0.2, -0.15) is 0 Å². The van der Waals surface area contributed by atoms with Gasteiger partial charge in [0.2, 0.25) is 23.6 Å². The lowest BCUT2D eigenvalue weighted by atomic mass is 9.86. The third-order valence-corrected chi connectivity index (χ3v) is 11.1. The highest BCUT2D eigenvalue weighted by atomic mass is 35.5. The van der Waals surface area contributed by atoms with E-state index in [0.717, 1.165) is 18.7 Å². The molecule has 3 aliphatic heterocycles. The van der Waals surface area contributed by atoms with Crippen molar-refractivity contribution in [3.8, 4) is 0 Å². The summed E-state index contributed by atoms with van der Waals surface area (Å²) in [5.41, 5.74) is 0.124. The van der Waals surface area contributed by atoms with Crippen LogP contribution in [0.2, 0.25) is 5.02 Å². The molecule has 1 aliphatic carbocycles. The smallest absolute Gasteiger partial charge is 0.248 e. The summed E-state index contributed by atoms with van der Waals surface area (Å²) in [6.07, 6.45) is 0.194. The summed E-state index contributed by atoms with van der Waals surface area (Å²) < 4.78 is 28.6. The van der Waals surface area contributed by atoms with Crippen LogP contribution in [0.15, 0.2) is 24.3 Å². The number of hydrogen-bond donors (Lipinski definition) is 0. The van der Waals surface area contributed by atoms with E-state index in [0.29, 0.717) is 37.6 Å². The fraction of sp³-hybridized carbons (Fsp3) is 0.750. The number of likely N-dealkylation sites (N-methyl/N-ethyl adjacent to an activating group) is 1. The van der Waals surface area contributed by atoms with E-state index in [-0.39, 0.29) is 67.4 Å². The number of hydrogen-bond acceptors (Lipinski definition) is 5. The number of nitrogens with zero attached hydrogens (tertiary/aromatic N) is 5. The quantitative estimate of drug-likeness (QED) is 0.421. The third kappa shape index (κ3) is 7.96. The van der Waals surface area contributed by atoms with Crippen LogP contribution in [0, 0.1) is 11.3 Å². The number of amides is 3. The van der Waals surface area contributed by atoms with Crippen molar-refractivity contribution >= 4 is 29.3 Å². The summed E-state index contributed by atoms with van der Waals surface area (Å²) in [6.45, 7) is 16.1. The van der Waals surface area contributed by atoms with Crippen molar-refractivity contribution in [3.63, 3.8) is 0 Å². The zero-order valence-electron chi connectivity index (χ0n) is 29.3. The monoisotopic (exact) mass is 677 g/mol. The first-order chi connectivity index (χ1) is 21.9. The summed E-state index contributed by atoms with van der Waals surface area (Å²) in [4.78, 5) is 53.3. The molecule has 4 atom stereocenters. The summed E-state index contributed by atoms with van der Waals surface area (Å²) in [5.74, 6) is -3.49. The zero-order chi connectivity index (χ0) is 34.5. The van der Waals surface area contributed by atoms with Gasteiger partial charge >= 0.3 is 0 Å². The largest absolute Gasteiger partial charge is 0.338 e. The topological polar surface area (TPSA) is 67.4 Å². The van der Waals surface area contributed by atoms with Crippen LogP contribution in [0.25, 0.3) is 0 Å². The average molecular weight is 678 g/mol. The van der Waals surface area contributed by atoms with Gasteiger partial charge in [0, 0.05) is 86.6 Å². The van der Waals surface area contributed by atoms with Crippen molar-refractivity contribution in [1.29, 1.82) is 0 Å². The molecule has 11 heteroatoms. The molecule has 4 fully saturated rings. The Bertz CT molecular complexity index is 1290. The molecule has 5 rings (SSSR count). The molecule has 1 aromatic carbocycles. The average Bonchev–Trinajstić information content (AvgIpc) is 3.64. The van der Waals surface area contributed by atoms with Crippen molar-refractivity contribution in [2.45, 2.75) is 109 Å². The molecule has 47 heavy (non-hydrogen) atoms. The molecular formula is C36H54ClF2N5O3. The van der Waals surface area contributed by atoms with Crippen molar-refractivity contribution in [2.24, 2.45) is 11.3 Å². The van der Waals surface area contributed by atoms with E-state index in [2.05, 4.69) is 30.6 Å². The standard InChI is InChI=1S/C36H54ClF2N5O3/c1-34(2,3)33(47)44(26-12-14-36(38,39)15-13-26)27-20-30(32(46)41-18-16-40(7)17-19-41)43(21-27)31(45)29-23-42(35(4,5)6)22-28(29)24-8-10-25(37)11-9-24/h8-11,26-30H,12-23H2,1-7H3/t27?,28-,29+,30-/m0/s1. The van der Waals surface area contributed by atoms with Gasteiger partial charge in [-0.05, 0) is 64.8 Å². The van der Waals surface area contributed by atoms with Crippen LogP contribution >= 0.6 is 11.6 Å². The summed E-state index contributed by atoms with van der Waals surface area (Å²) in [7, 11) is 2.03. The van der Waals surface area contributed by atoms with Crippen LogP contribution in [0.4, 0.5) is 8.78 Å². The Balaban J connectivity index is 1.49. The van der Waals surface area contributed by atoms with Gasteiger partial charge in [-0.15, -0.1) is 0 Å². The molecule has 1 saturated carbocycles. The highest BCUT2D eigenvalue weighted by Gasteiger charge is 2.52. The van der Waals surface area contributed by atoms with Crippen LogP contribution < -0.4 is 0 Å². The second-order valence-corrected chi connectivity index (χ2v) is 16.9. The van der Waals surface area contributed by atoms with Crippen molar-refractivity contribution in [3.05, 3.63) is 34.9 Å². The predicted octanol–water partition coefficient (Wildman–Crippen LogP) is 5.35. The molecular weight excluding hydrogens is 624 g/mol. The number of benzene rings is 1. The van der Waals surface area contributed by atoms with E-state index in [9.17, 15) is 23.2 Å². The molecule has 4 aliphatic rings. The van der Waals surface area contributed by atoms with Gasteiger partial charge in [0.1, 0.15) is 6.04 Å². The maximum Gasteiger partial charge on any atom is 0.248 e. The van der Waals surface area contributed by atoms with Gasteiger partial charge < -0.3 is 19.6 Å². The Morgan fingerprint density at radius 3 is 2.00 bits per heavy atom. The molecule has 262 valence electrons. The van der Waals surface area contributed by atoms with E-state index >= 15 is 0 Å². The van der Waals surface area contributed by atoms with E-state index in [1.165, 1.54) is 0 Å². The second-order valence-electron chi connectivity index (χ2n) is 16.4. The molecule has 3 saturated heterocycles. The highest BCUT2D eigenvalue weighted by molar-refractivity contribution is 6.30. The minimum atomic E-state index is -2.73. The first-order valence-corrected chi connectivity index (χ1v) is 17.7. The number of halogens is 3. The highest BCUT2D eigenvalue weighted by Crippen LogP contribution is 2.42. The van der Waals surface area contributed by atoms with E-state index < -0.39 is 29.3 Å². The molecule has 0 bridgehead atoms.